The molecule has 0 unspecified atom stereocenters. The molecule has 7 heteroatoms. The van der Waals surface area contributed by atoms with Gasteiger partial charge in [0.15, 0.2) is 0 Å². The number of fused-ring (bicyclic) bond motifs is 5. The van der Waals surface area contributed by atoms with Crippen molar-refractivity contribution in [2.45, 2.75) is 117 Å². The van der Waals surface area contributed by atoms with Gasteiger partial charge in [-0.25, -0.2) is 4.18 Å². The largest absolute Gasteiger partial charge is 0.397 e. The normalized spacial score (nSPS) is 40.9. The maximum absolute atomic E-state index is 11.2. The van der Waals surface area contributed by atoms with E-state index in [1.165, 1.54) is 37.7 Å². The minimum Gasteiger partial charge on any atom is -0.390 e. The second-order valence-electron chi connectivity index (χ2n) is 13.1. The molecule has 8 atom stereocenters. The minimum atomic E-state index is -4.40. The van der Waals surface area contributed by atoms with E-state index >= 15 is 0 Å². The van der Waals surface area contributed by atoms with E-state index in [1.54, 1.807) is 0 Å². The van der Waals surface area contributed by atoms with E-state index in [0.717, 1.165) is 43.4 Å². The van der Waals surface area contributed by atoms with E-state index in [4.69, 9.17) is 8.74 Å². The molecule has 0 heterocycles. The molecule has 0 aliphatic heterocycles. The third-order valence-corrected chi connectivity index (χ3v) is 11.0. The molecule has 34 heavy (non-hydrogen) atoms. The molecule has 0 bridgehead atoms. The number of hydrogen-bond donors (Lipinski definition) is 2. The fourth-order valence-electron chi connectivity index (χ4n) is 8.91. The summed E-state index contributed by atoms with van der Waals surface area (Å²) >= 11 is 0. The summed E-state index contributed by atoms with van der Waals surface area (Å²) in [6, 6.07) is 0. The molecule has 1 radical (unpaired) electrons. The Morgan fingerprint density at radius 2 is 1.85 bits per heavy atom. The SMILES string of the molecule is C[C@H](CCCC(C)(C)O)[C@H]1CC[C@H]2[C@@H]3CC=C4C[C@@H](OS(=O)(=O)O)CC[C@]4(C)[C@H]3CC[C@]12C.[Na]. The topological polar surface area (TPSA) is 83.8 Å². The molecule has 3 fully saturated rings. The van der Waals surface area contributed by atoms with Crippen molar-refractivity contribution in [1.29, 1.82) is 0 Å². The van der Waals surface area contributed by atoms with Crippen LogP contribution in [0.3, 0.4) is 0 Å². The first kappa shape index (κ1) is 29.1. The van der Waals surface area contributed by atoms with Gasteiger partial charge in [0.1, 0.15) is 0 Å². The summed E-state index contributed by atoms with van der Waals surface area (Å²) in [5.74, 6) is 3.66. The second kappa shape index (κ2) is 10.4. The van der Waals surface area contributed by atoms with Gasteiger partial charge in [-0.2, -0.15) is 8.42 Å². The molecule has 0 aromatic carbocycles. The first-order valence-electron chi connectivity index (χ1n) is 13.3. The summed E-state index contributed by atoms with van der Waals surface area (Å²) in [5.41, 5.74) is 1.36. The quantitative estimate of drug-likeness (QED) is 0.254. The van der Waals surface area contributed by atoms with E-state index in [-0.39, 0.29) is 35.0 Å². The number of allylic oxidation sites excluding steroid dienone is 1. The molecule has 0 saturated heterocycles. The van der Waals surface area contributed by atoms with Gasteiger partial charge < -0.3 is 5.11 Å². The zero-order valence-electron chi connectivity index (χ0n) is 22.3. The molecule has 3 saturated carbocycles. The van der Waals surface area contributed by atoms with Crippen molar-refractivity contribution in [1.82, 2.24) is 0 Å². The van der Waals surface area contributed by atoms with Crippen molar-refractivity contribution in [2.75, 3.05) is 0 Å². The van der Waals surface area contributed by atoms with Crippen LogP contribution in [0.15, 0.2) is 11.6 Å². The molecule has 0 amide bonds. The summed E-state index contributed by atoms with van der Waals surface area (Å²) in [7, 11) is -4.40. The fourth-order valence-corrected chi connectivity index (χ4v) is 9.42. The third kappa shape index (κ3) is 5.84. The van der Waals surface area contributed by atoms with Crippen molar-refractivity contribution in [3.63, 3.8) is 0 Å². The molecule has 0 spiro atoms. The van der Waals surface area contributed by atoms with Crippen LogP contribution in [-0.4, -0.2) is 59.3 Å². The Morgan fingerprint density at radius 1 is 1.15 bits per heavy atom. The monoisotopic (exact) mass is 505 g/mol. The van der Waals surface area contributed by atoms with Gasteiger partial charge in [0.25, 0.3) is 0 Å². The molecule has 4 rings (SSSR count). The van der Waals surface area contributed by atoms with Crippen LogP contribution < -0.4 is 0 Å². The molecule has 4 aliphatic rings. The summed E-state index contributed by atoms with van der Waals surface area (Å²) in [4.78, 5) is 0. The van der Waals surface area contributed by atoms with Crippen molar-refractivity contribution in [3.8, 4) is 0 Å². The Labute approximate surface area is 230 Å². The molecule has 0 aromatic rings. The van der Waals surface area contributed by atoms with Gasteiger partial charge in [-0.05, 0) is 112 Å². The van der Waals surface area contributed by atoms with Crippen molar-refractivity contribution in [2.24, 2.45) is 40.4 Å². The van der Waals surface area contributed by atoms with E-state index in [9.17, 15) is 13.5 Å². The van der Waals surface area contributed by atoms with Gasteiger partial charge in [0.2, 0.25) is 0 Å². The van der Waals surface area contributed by atoms with E-state index < -0.39 is 22.1 Å². The molecule has 2 N–H and O–H groups in total. The molecule has 5 nitrogen and oxygen atoms in total. The summed E-state index contributed by atoms with van der Waals surface area (Å²) in [6.45, 7) is 11.3. The average Bonchev–Trinajstić information content (AvgIpc) is 3.03. The molecular formula is C27H46NaO5S. The van der Waals surface area contributed by atoms with E-state index in [2.05, 4.69) is 26.8 Å². The van der Waals surface area contributed by atoms with Crippen LogP contribution in [0.2, 0.25) is 0 Å². The van der Waals surface area contributed by atoms with Gasteiger partial charge in [-0.1, -0.05) is 45.3 Å². The Balaban J connectivity index is 0.00000324. The molecular weight excluding hydrogens is 459 g/mol. The number of aliphatic hydroxyl groups is 1. The summed E-state index contributed by atoms with van der Waals surface area (Å²) in [5, 5.41) is 10.1. The zero-order valence-corrected chi connectivity index (χ0v) is 25.2. The Hall–Kier alpha value is 0.570. The van der Waals surface area contributed by atoms with E-state index in [1.807, 2.05) is 13.8 Å². The van der Waals surface area contributed by atoms with E-state index in [0.29, 0.717) is 30.1 Å². The summed E-state index contributed by atoms with van der Waals surface area (Å²) in [6.07, 6.45) is 13.8. The van der Waals surface area contributed by atoms with Crippen molar-refractivity contribution in [3.05, 3.63) is 11.6 Å². The zero-order chi connectivity index (χ0) is 24.2. The third-order valence-electron chi connectivity index (χ3n) is 10.5. The smallest absolute Gasteiger partial charge is 0.390 e. The van der Waals surface area contributed by atoms with Crippen LogP contribution in [0.25, 0.3) is 0 Å². The molecule has 0 aromatic heterocycles. The second-order valence-corrected chi connectivity index (χ2v) is 14.1. The molecule has 191 valence electrons. The Bertz CT molecular complexity index is 865. The van der Waals surface area contributed by atoms with Crippen molar-refractivity contribution >= 4 is 40.0 Å². The van der Waals surface area contributed by atoms with Gasteiger partial charge in [0.05, 0.1) is 11.7 Å². The Morgan fingerprint density at radius 3 is 2.50 bits per heavy atom. The predicted octanol–water partition coefficient (Wildman–Crippen LogP) is 5.95. The average molecular weight is 506 g/mol. The first-order valence-corrected chi connectivity index (χ1v) is 14.7. The number of hydrogen-bond acceptors (Lipinski definition) is 4. The summed E-state index contributed by atoms with van der Waals surface area (Å²) < 4.78 is 36.5. The van der Waals surface area contributed by atoms with Crippen LogP contribution in [0, 0.1) is 40.4 Å². The maximum atomic E-state index is 11.2. The van der Waals surface area contributed by atoms with Crippen LogP contribution in [-0.2, 0) is 14.6 Å². The standard InChI is InChI=1S/C27H46O5S.Na/c1-18(7-6-14-25(2,3)28)22-10-11-23-21-9-8-19-17-20(32-33(29,30)31)12-15-26(19,4)24(21)13-16-27(22,23)5;/h8,18,20-24,28H,6-7,9-17H2,1-5H3,(H,29,30,31);/t18-,20+,21+,22-,23+,24+,26+,27-;/m1./s1. The van der Waals surface area contributed by atoms with Crippen molar-refractivity contribution < 1.29 is 22.3 Å². The predicted molar refractivity (Wildman–Crippen MR) is 137 cm³/mol. The van der Waals surface area contributed by atoms with Crippen LogP contribution in [0.1, 0.15) is 105 Å². The van der Waals surface area contributed by atoms with Crippen LogP contribution in [0.4, 0.5) is 0 Å². The van der Waals surface area contributed by atoms with Crippen LogP contribution >= 0.6 is 0 Å². The fraction of sp³-hybridized carbons (Fsp3) is 0.926. The van der Waals surface area contributed by atoms with Gasteiger partial charge in [0, 0.05) is 29.6 Å². The number of rotatable bonds is 7. The molecule has 4 aliphatic carbocycles. The van der Waals surface area contributed by atoms with Gasteiger partial charge in [-0.3, -0.25) is 4.55 Å². The Kier molecular flexibility index (Phi) is 8.89. The van der Waals surface area contributed by atoms with Gasteiger partial charge in [-0.15, -0.1) is 0 Å². The van der Waals surface area contributed by atoms with Gasteiger partial charge >= 0.3 is 10.4 Å². The van der Waals surface area contributed by atoms with Crippen LogP contribution in [0.5, 0.6) is 0 Å². The maximum Gasteiger partial charge on any atom is 0.397 e. The first-order chi connectivity index (χ1) is 15.2. The minimum absolute atomic E-state index is 0.